The van der Waals surface area contributed by atoms with E-state index >= 15 is 8.78 Å². The van der Waals surface area contributed by atoms with E-state index in [-0.39, 0.29) is 12.3 Å². The van der Waals surface area contributed by atoms with Gasteiger partial charge in [0.05, 0.1) is 0 Å². The maximum atomic E-state index is 15.1. The van der Waals surface area contributed by atoms with Crippen molar-refractivity contribution in [3.63, 3.8) is 0 Å². The van der Waals surface area contributed by atoms with E-state index in [1.54, 1.807) is 29.2 Å². The highest BCUT2D eigenvalue weighted by Crippen LogP contribution is 2.48. The largest absolute Gasteiger partial charge is 0.508 e. The first-order valence-electron chi connectivity index (χ1n) is 9.97. The highest BCUT2D eigenvalue weighted by Gasteiger charge is 2.51. The van der Waals surface area contributed by atoms with Crippen molar-refractivity contribution < 1.29 is 28.2 Å². The number of benzene rings is 3. The van der Waals surface area contributed by atoms with Crippen molar-refractivity contribution in [3.8, 4) is 5.75 Å². The molecule has 0 spiro atoms. The number of carboxylic acids is 1. The number of aliphatic carboxylic acids is 1. The van der Waals surface area contributed by atoms with Crippen molar-refractivity contribution in [1.29, 1.82) is 0 Å². The molecule has 0 bridgehead atoms. The summed E-state index contributed by atoms with van der Waals surface area (Å²) in [5.41, 5.74) is 0.383. The molecule has 7 heteroatoms. The maximum absolute atomic E-state index is 15.1. The lowest BCUT2D eigenvalue weighted by molar-refractivity contribution is -0.131. The molecule has 0 aliphatic carbocycles. The van der Waals surface area contributed by atoms with Crippen LogP contribution in [-0.4, -0.2) is 29.2 Å². The molecule has 4 rings (SSSR count). The number of phenolic OH excluding ortho intramolecular Hbond substituents is 1. The number of hydrogen-bond donors (Lipinski definition) is 2. The molecule has 1 aliphatic rings. The van der Waals surface area contributed by atoms with Gasteiger partial charge in [0, 0.05) is 18.3 Å². The van der Waals surface area contributed by atoms with E-state index in [0.717, 1.165) is 6.08 Å². The average Bonchev–Trinajstić information content (AvgIpc) is 2.77. The Morgan fingerprint density at radius 3 is 2.34 bits per heavy atom. The molecule has 0 saturated heterocycles. The molecule has 0 aromatic heterocycles. The summed E-state index contributed by atoms with van der Waals surface area (Å²) in [5.74, 6) is -1.58. The summed E-state index contributed by atoms with van der Waals surface area (Å²) in [5, 5.41) is 18.7. The van der Waals surface area contributed by atoms with Crippen LogP contribution in [0, 0.1) is 5.82 Å². The fourth-order valence-corrected chi connectivity index (χ4v) is 4.36. The minimum Gasteiger partial charge on any atom is -0.508 e. The van der Waals surface area contributed by atoms with E-state index in [1.807, 2.05) is 0 Å². The summed E-state index contributed by atoms with van der Waals surface area (Å²) in [6.07, 6.45) is -0.0844. The Morgan fingerprint density at radius 2 is 1.72 bits per heavy atom. The first-order chi connectivity index (χ1) is 15.3. The Balaban J connectivity index is 1.93. The van der Waals surface area contributed by atoms with Gasteiger partial charge >= 0.3 is 5.97 Å². The number of rotatable bonds is 5. The molecule has 0 saturated carbocycles. The number of carboxylic acid groups (broad SMARTS) is 1. The molecular formula is C25H20F3NO3. The lowest BCUT2D eigenvalue weighted by Gasteiger charge is -2.49. The normalized spacial score (nSPS) is 18.2. The molecule has 1 aliphatic heterocycles. The van der Waals surface area contributed by atoms with Gasteiger partial charge in [-0.25, -0.2) is 18.0 Å². The third-order valence-corrected chi connectivity index (χ3v) is 5.75. The maximum Gasteiger partial charge on any atom is 0.328 e. The molecule has 1 heterocycles. The van der Waals surface area contributed by atoms with Crippen LogP contribution in [0.5, 0.6) is 5.75 Å². The monoisotopic (exact) mass is 439 g/mol. The molecule has 4 nitrogen and oxygen atoms in total. The van der Waals surface area contributed by atoms with Gasteiger partial charge in [-0.15, -0.1) is 0 Å². The van der Waals surface area contributed by atoms with Crippen LogP contribution in [-0.2, 0) is 16.8 Å². The van der Waals surface area contributed by atoms with Crippen LogP contribution in [0.1, 0.15) is 22.3 Å². The molecule has 1 atom stereocenters. The highest BCUT2D eigenvalue weighted by molar-refractivity contribution is 5.85. The van der Waals surface area contributed by atoms with Gasteiger partial charge < -0.3 is 15.1 Å². The second kappa shape index (κ2) is 8.42. The zero-order valence-corrected chi connectivity index (χ0v) is 16.9. The third-order valence-electron chi connectivity index (χ3n) is 5.75. The molecule has 0 fully saturated rings. The highest BCUT2D eigenvalue weighted by atomic mass is 19.3. The molecule has 0 amide bonds. The Kier molecular flexibility index (Phi) is 5.65. The van der Waals surface area contributed by atoms with Gasteiger partial charge in [-0.2, -0.15) is 0 Å². The van der Waals surface area contributed by atoms with Crippen molar-refractivity contribution in [2.24, 2.45) is 0 Å². The average molecular weight is 439 g/mol. The fraction of sp³-hybridized carbons (Fsp3) is 0.160. The molecule has 164 valence electrons. The van der Waals surface area contributed by atoms with Crippen molar-refractivity contribution in [1.82, 2.24) is 0 Å². The summed E-state index contributed by atoms with van der Waals surface area (Å²) in [7, 11) is 0. The van der Waals surface area contributed by atoms with Crippen LogP contribution >= 0.6 is 0 Å². The van der Waals surface area contributed by atoms with Gasteiger partial charge in [0.15, 0.2) is 5.54 Å². The van der Waals surface area contributed by atoms with Crippen LogP contribution in [0.3, 0.4) is 0 Å². The van der Waals surface area contributed by atoms with Crippen LogP contribution < -0.4 is 4.90 Å². The van der Waals surface area contributed by atoms with Crippen molar-refractivity contribution in [2.75, 3.05) is 11.4 Å². The number of alkyl halides is 2. The number of hydrogen-bond acceptors (Lipinski definition) is 3. The van der Waals surface area contributed by atoms with E-state index < -0.39 is 23.8 Å². The Bertz CT molecular complexity index is 1160. The molecule has 32 heavy (non-hydrogen) atoms. The Labute approximate surface area is 182 Å². The van der Waals surface area contributed by atoms with Gasteiger partial charge in [0.1, 0.15) is 11.6 Å². The van der Waals surface area contributed by atoms with Crippen molar-refractivity contribution in [2.45, 2.75) is 18.4 Å². The number of aromatic hydroxyl groups is 1. The lowest BCUT2D eigenvalue weighted by Crippen LogP contribution is -2.56. The van der Waals surface area contributed by atoms with Crippen LogP contribution in [0.15, 0.2) is 72.8 Å². The number of fused-ring (bicyclic) bond motifs is 1. The minimum atomic E-state index is -2.86. The zero-order chi connectivity index (χ0) is 22.9. The van der Waals surface area contributed by atoms with Crippen LogP contribution in [0.2, 0.25) is 0 Å². The topological polar surface area (TPSA) is 60.8 Å². The lowest BCUT2D eigenvalue weighted by atomic mass is 9.75. The number of phenols is 1. The van der Waals surface area contributed by atoms with E-state index in [2.05, 4.69) is 0 Å². The molecular weight excluding hydrogens is 419 g/mol. The predicted molar refractivity (Wildman–Crippen MR) is 115 cm³/mol. The van der Waals surface area contributed by atoms with E-state index in [4.69, 9.17) is 5.11 Å². The first kappa shape index (κ1) is 21.5. The van der Waals surface area contributed by atoms with Crippen LogP contribution in [0.4, 0.5) is 18.9 Å². The van der Waals surface area contributed by atoms with E-state index in [0.29, 0.717) is 34.4 Å². The van der Waals surface area contributed by atoms with Gasteiger partial charge in [-0.05, 0) is 71.1 Å². The Hall–Kier alpha value is -3.74. The third kappa shape index (κ3) is 3.70. The first-order valence-corrected chi connectivity index (χ1v) is 9.97. The molecule has 3 aromatic carbocycles. The quantitative estimate of drug-likeness (QED) is 0.537. The minimum absolute atomic E-state index is 0.00342. The smallest absolute Gasteiger partial charge is 0.328 e. The van der Waals surface area contributed by atoms with Gasteiger partial charge in [-0.3, -0.25) is 0 Å². The molecule has 0 radical (unpaired) electrons. The zero-order valence-electron chi connectivity index (χ0n) is 16.9. The van der Waals surface area contributed by atoms with Crippen molar-refractivity contribution >= 4 is 17.7 Å². The number of carbonyl (C=O) groups is 1. The summed E-state index contributed by atoms with van der Waals surface area (Å²) in [6, 6.07) is 16.1. The number of nitrogens with zero attached hydrogens (tertiary/aromatic N) is 1. The van der Waals surface area contributed by atoms with Gasteiger partial charge in [-0.1, -0.05) is 30.3 Å². The number of anilines is 1. The predicted octanol–water partition coefficient (Wildman–Crippen LogP) is 5.20. The van der Waals surface area contributed by atoms with Crippen molar-refractivity contribution in [3.05, 3.63) is 101 Å². The van der Waals surface area contributed by atoms with Gasteiger partial charge in [0.2, 0.25) is 0 Å². The number of halogens is 3. The fourth-order valence-electron chi connectivity index (χ4n) is 4.36. The SMILES string of the molecule is O=C(O)C=Cc1ccc(C2(C(F)F)c3ccc(O)cc3CCN2c2ccc(F)cc2)cc1. The van der Waals surface area contributed by atoms with Gasteiger partial charge in [0.25, 0.3) is 6.43 Å². The second-order valence-corrected chi connectivity index (χ2v) is 7.58. The summed E-state index contributed by atoms with van der Waals surface area (Å²) < 4.78 is 43.8. The Morgan fingerprint density at radius 1 is 1.03 bits per heavy atom. The molecule has 2 N–H and O–H groups in total. The second-order valence-electron chi connectivity index (χ2n) is 7.58. The standard InChI is InChI=1S/C25H20F3NO3/c26-19-6-8-20(9-7-19)29-14-13-17-15-21(30)10-11-22(17)25(29,24(27)28)18-4-1-16(2-5-18)3-12-23(31)32/h1-12,15,24,30H,13-14H2,(H,31,32). The molecule has 1 unspecified atom stereocenters. The summed E-state index contributed by atoms with van der Waals surface area (Å²) >= 11 is 0. The summed E-state index contributed by atoms with van der Waals surface area (Å²) in [6.45, 7) is 0.229. The van der Waals surface area contributed by atoms with Crippen LogP contribution in [0.25, 0.3) is 6.08 Å². The van der Waals surface area contributed by atoms with E-state index in [1.165, 1.54) is 48.5 Å². The summed E-state index contributed by atoms with van der Waals surface area (Å²) in [4.78, 5) is 12.3. The molecule has 3 aromatic rings. The van der Waals surface area contributed by atoms with E-state index in [9.17, 15) is 14.3 Å².